The van der Waals surface area contributed by atoms with Crippen molar-refractivity contribution in [2.75, 3.05) is 31.5 Å². The van der Waals surface area contributed by atoms with E-state index in [4.69, 9.17) is 9.52 Å². The molecule has 6 amide bonds. The third-order valence-corrected chi connectivity index (χ3v) is 12.0. The number of benzene rings is 3. The highest BCUT2D eigenvalue weighted by atomic mass is 16.3. The molecule has 3 aliphatic rings. The highest BCUT2D eigenvalue weighted by molar-refractivity contribution is 6.07. The first-order chi connectivity index (χ1) is 30.7. The van der Waals surface area contributed by atoms with Crippen molar-refractivity contribution in [2.45, 2.75) is 70.0 Å². The molecule has 9 rings (SSSR count). The number of hydrogen-bond acceptors (Lipinski definition) is 10. The zero-order valence-electron chi connectivity index (χ0n) is 34.6. The van der Waals surface area contributed by atoms with Gasteiger partial charge in [-0.25, -0.2) is 9.50 Å². The van der Waals surface area contributed by atoms with Crippen LogP contribution in [-0.4, -0.2) is 98.1 Å². The van der Waals surface area contributed by atoms with Crippen molar-refractivity contribution in [2.24, 2.45) is 0 Å². The molecule has 16 heteroatoms. The quantitative estimate of drug-likeness (QED) is 0.0847. The predicted molar refractivity (Wildman–Crippen MR) is 233 cm³/mol. The molecule has 6 heterocycles. The Bertz CT molecular complexity index is 2710. The molecular weight excluding hydrogens is 803 g/mol. The van der Waals surface area contributed by atoms with E-state index in [0.29, 0.717) is 66.3 Å². The third-order valence-electron chi connectivity index (χ3n) is 12.0. The molecule has 0 spiro atoms. The van der Waals surface area contributed by atoms with Crippen LogP contribution in [0.5, 0.6) is 0 Å². The Hall–Kier alpha value is -7.20. The van der Waals surface area contributed by atoms with Gasteiger partial charge >= 0.3 is 0 Å². The van der Waals surface area contributed by atoms with Crippen LogP contribution in [0.15, 0.2) is 95.5 Å². The molecule has 3 aromatic heterocycles. The van der Waals surface area contributed by atoms with Gasteiger partial charge in [0.05, 0.1) is 18.4 Å². The number of imidazole rings is 1. The molecular formula is C47H47N9O7. The van der Waals surface area contributed by atoms with E-state index in [9.17, 15) is 28.8 Å². The second kappa shape index (κ2) is 18.0. The molecule has 0 aliphatic carbocycles. The molecule has 322 valence electrons. The number of carbonyl (C=O) groups excluding carboxylic acids is 6. The largest absolute Gasteiger partial charge is 0.454 e. The van der Waals surface area contributed by atoms with E-state index in [-0.39, 0.29) is 67.9 Å². The normalized spacial score (nSPS) is 17.6. The fourth-order valence-corrected chi connectivity index (χ4v) is 8.63. The van der Waals surface area contributed by atoms with Crippen LogP contribution < -0.4 is 21.3 Å². The van der Waals surface area contributed by atoms with Crippen molar-refractivity contribution in [1.29, 1.82) is 0 Å². The van der Waals surface area contributed by atoms with E-state index in [0.717, 1.165) is 47.2 Å². The molecule has 16 nitrogen and oxygen atoms in total. The molecule has 0 radical (unpaired) electrons. The molecule has 2 atom stereocenters. The van der Waals surface area contributed by atoms with Gasteiger partial charge in [-0.05, 0) is 80.6 Å². The van der Waals surface area contributed by atoms with Crippen LogP contribution in [-0.2, 0) is 25.7 Å². The summed E-state index contributed by atoms with van der Waals surface area (Å²) in [5.74, 6) is -0.816. The van der Waals surface area contributed by atoms with Gasteiger partial charge in [-0.2, -0.15) is 5.10 Å². The number of nitrogens with zero attached hydrogens (tertiary/aromatic N) is 5. The van der Waals surface area contributed by atoms with Crippen LogP contribution >= 0.6 is 0 Å². The lowest BCUT2D eigenvalue weighted by Crippen LogP contribution is -2.52. The molecule has 2 fully saturated rings. The number of likely N-dealkylation sites (tertiary alicyclic amines) is 1. The summed E-state index contributed by atoms with van der Waals surface area (Å²) in [4.78, 5) is 84.0. The van der Waals surface area contributed by atoms with Gasteiger partial charge in [0, 0.05) is 78.4 Å². The van der Waals surface area contributed by atoms with Crippen molar-refractivity contribution < 1.29 is 33.2 Å². The maximum atomic E-state index is 13.6. The van der Waals surface area contributed by atoms with Crippen LogP contribution in [0.25, 0.3) is 39.3 Å². The second-order valence-corrected chi connectivity index (χ2v) is 16.3. The summed E-state index contributed by atoms with van der Waals surface area (Å²) < 4.78 is 7.85. The Kier molecular flexibility index (Phi) is 11.8. The van der Waals surface area contributed by atoms with E-state index in [1.165, 1.54) is 4.90 Å². The summed E-state index contributed by atoms with van der Waals surface area (Å²) in [6, 6.07) is 25.5. The number of aromatic nitrogens is 3. The minimum absolute atomic E-state index is 0.0113. The molecule has 63 heavy (non-hydrogen) atoms. The summed E-state index contributed by atoms with van der Waals surface area (Å²) in [6.45, 7) is 1.94. The number of unbranched alkanes of at least 4 members (excludes halogenated alkanes) is 2. The minimum Gasteiger partial charge on any atom is -0.454 e. The van der Waals surface area contributed by atoms with Crippen molar-refractivity contribution in [1.82, 2.24) is 40.3 Å². The first-order valence-corrected chi connectivity index (χ1v) is 21.5. The number of nitrogens with one attached hydrogen (secondary N) is 4. The highest BCUT2D eigenvalue weighted by Gasteiger charge is 2.40. The van der Waals surface area contributed by atoms with Crippen LogP contribution in [0.1, 0.15) is 77.6 Å². The van der Waals surface area contributed by atoms with Crippen LogP contribution in [0.3, 0.4) is 0 Å². The molecule has 1 unspecified atom stereocenters. The molecule has 4 N–H and O–H groups in total. The second-order valence-electron chi connectivity index (χ2n) is 16.3. The third kappa shape index (κ3) is 8.93. The monoisotopic (exact) mass is 849 g/mol. The Morgan fingerprint density at radius 3 is 2.59 bits per heavy atom. The lowest BCUT2D eigenvalue weighted by atomic mass is 10.0. The number of furan rings is 1. The number of carbonyl (C=O) groups is 6. The number of hydrogen-bond donors (Lipinski definition) is 4. The Balaban J connectivity index is 0.687. The molecule has 0 bridgehead atoms. The molecule has 0 saturated carbocycles. The van der Waals surface area contributed by atoms with Gasteiger partial charge < -0.3 is 30.2 Å². The number of anilines is 1. The van der Waals surface area contributed by atoms with E-state index in [1.54, 1.807) is 28.9 Å². The van der Waals surface area contributed by atoms with Crippen LogP contribution in [0.2, 0.25) is 0 Å². The van der Waals surface area contributed by atoms with Crippen molar-refractivity contribution in [3.8, 4) is 22.7 Å². The first-order valence-electron chi connectivity index (χ1n) is 21.5. The van der Waals surface area contributed by atoms with E-state index >= 15 is 0 Å². The number of piperidine rings is 2. The van der Waals surface area contributed by atoms with Gasteiger partial charge in [-0.15, -0.1) is 0 Å². The summed E-state index contributed by atoms with van der Waals surface area (Å²) in [6.07, 6.45) is 6.20. The maximum absolute atomic E-state index is 13.6. The lowest BCUT2D eigenvalue weighted by molar-refractivity contribution is -0.137. The SMILES string of the molecule is O=C(CN[C@H]1CCCN(C(=O)c2ccc(-c3ccc4ncc(-c5cc6ccccc6o5)n4n3)cc2)C1)NCCCCCC(=O)Nc1cccc2c1CN(C1CCC(=O)NC1=O)C2=O. The van der Waals surface area contributed by atoms with Gasteiger partial charge in [0.25, 0.3) is 11.8 Å². The number of para-hydroxylation sites is 1. The highest BCUT2D eigenvalue weighted by Crippen LogP contribution is 2.33. The molecule has 6 aromatic rings. The zero-order valence-corrected chi connectivity index (χ0v) is 34.6. The number of imide groups is 1. The van der Waals surface area contributed by atoms with E-state index in [2.05, 4.69) is 26.3 Å². The Morgan fingerprint density at radius 1 is 0.889 bits per heavy atom. The van der Waals surface area contributed by atoms with E-state index in [1.807, 2.05) is 71.6 Å². The minimum atomic E-state index is -0.728. The number of fused-ring (bicyclic) bond motifs is 3. The molecule has 2 saturated heterocycles. The molecule has 3 aliphatic heterocycles. The van der Waals surface area contributed by atoms with Crippen molar-refractivity contribution in [3.63, 3.8) is 0 Å². The van der Waals surface area contributed by atoms with Crippen molar-refractivity contribution in [3.05, 3.63) is 108 Å². The van der Waals surface area contributed by atoms with Crippen LogP contribution in [0.4, 0.5) is 5.69 Å². The fourth-order valence-electron chi connectivity index (χ4n) is 8.63. The number of amides is 6. The van der Waals surface area contributed by atoms with Gasteiger partial charge in [0.15, 0.2) is 11.4 Å². The Labute approximate surface area is 362 Å². The zero-order chi connectivity index (χ0) is 43.5. The topological polar surface area (TPSA) is 200 Å². The maximum Gasteiger partial charge on any atom is 0.255 e. The fraction of sp³-hybridized carbons (Fsp3) is 0.319. The molecule has 3 aromatic carbocycles. The predicted octanol–water partition coefficient (Wildman–Crippen LogP) is 5.08. The smallest absolute Gasteiger partial charge is 0.255 e. The van der Waals surface area contributed by atoms with Crippen LogP contribution in [0, 0.1) is 0 Å². The van der Waals surface area contributed by atoms with Gasteiger partial charge in [0.1, 0.15) is 17.3 Å². The number of rotatable bonds is 14. The van der Waals surface area contributed by atoms with Gasteiger partial charge in [-0.1, -0.05) is 42.8 Å². The lowest BCUT2D eigenvalue weighted by Gasteiger charge is -2.33. The summed E-state index contributed by atoms with van der Waals surface area (Å²) >= 11 is 0. The first kappa shape index (κ1) is 41.2. The van der Waals surface area contributed by atoms with Gasteiger partial charge in [0.2, 0.25) is 23.6 Å². The van der Waals surface area contributed by atoms with Crippen molar-refractivity contribution >= 4 is 57.7 Å². The average Bonchev–Trinajstić information content (AvgIpc) is 4.02. The summed E-state index contributed by atoms with van der Waals surface area (Å²) in [7, 11) is 0. The average molecular weight is 850 g/mol. The standard InChI is InChI=1S/C47H47N9O7/c57-42(51-36-11-6-10-33-34(36)28-55(47(33)62)37-19-21-43(58)52-45(37)60)13-2-1-5-22-48-44(59)26-49-32-9-7-23-54(27-32)46(61)30-16-14-29(15-17-30)35-18-20-41-50-25-38(56(41)53-35)40-24-31-8-3-4-12-39(31)63-40/h3-4,6,8,10-12,14-18,20,24-25,32,37,49H,1-2,5,7,9,13,19,21-23,26-28H2,(H,48,59)(H,51,57)(H,52,58,60)/t32-,37?/m0/s1. The Morgan fingerprint density at radius 2 is 1.75 bits per heavy atom. The van der Waals surface area contributed by atoms with Gasteiger partial charge in [-0.3, -0.25) is 34.1 Å². The summed E-state index contributed by atoms with van der Waals surface area (Å²) in [5, 5.41) is 17.3. The van der Waals surface area contributed by atoms with E-state index < -0.39 is 11.9 Å². The summed E-state index contributed by atoms with van der Waals surface area (Å²) in [5.41, 5.74) is 6.04.